The van der Waals surface area contributed by atoms with Crippen molar-refractivity contribution in [3.8, 4) is 0 Å². The van der Waals surface area contributed by atoms with E-state index in [4.69, 9.17) is 19.6 Å². The van der Waals surface area contributed by atoms with Crippen LogP contribution < -0.4 is 5.73 Å². The summed E-state index contributed by atoms with van der Waals surface area (Å²) in [5.74, 6) is -2.10. The summed E-state index contributed by atoms with van der Waals surface area (Å²) in [7, 11) is 0. The van der Waals surface area contributed by atoms with Crippen molar-refractivity contribution in [1.29, 1.82) is 0 Å². The minimum absolute atomic E-state index is 0.244. The number of ether oxygens (including phenoxy) is 2. The first-order chi connectivity index (χ1) is 11.4. The zero-order valence-electron chi connectivity index (χ0n) is 12.9. The first-order valence-electron chi connectivity index (χ1n) is 7.45. The van der Waals surface area contributed by atoms with Crippen LogP contribution in [0.1, 0.15) is 24.8 Å². The molecule has 0 saturated carbocycles. The summed E-state index contributed by atoms with van der Waals surface area (Å²) in [6, 6.07) is 3.90. The molecule has 0 amide bonds. The fraction of sp³-hybridized carbons (Fsp3) is 0.294. The fourth-order valence-corrected chi connectivity index (χ4v) is 2.66. The number of cyclic esters (lactones) is 2. The van der Waals surface area contributed by atoms with E-state index in [-0.39, 0.29) is 18.2 Å². The van der Waals surface area contributed by atoms with Gasteiger partial charge in [-0.15, -0.1) is 0 Å². The van der Waals surface area contributed by atoms with E-state index >= 15 is 0 Å². The topological polar surface area (TPSA) is 91.8 Å². The first-order valence-corrected chi connectivity index (χ1v) is 7.45. The molecule has 2 atom stereocenters. The van der Waals surface area contributed by atoms with Gasteiger partial charge in [-0.2, -0.15) is 0 Å². The van der Waals surface area contributed by atoms with Gasteiger partial charge in [0.1, 0.15) is 11.4 Å². The molecule has 1 aromatic carbocycles. The summed E-state index contributed by atoms with van der Waals surface area (Å²) in [5, 5.41) is 0.672. The van der Waals surface area contributed by atoms with Gasteiger partial charge in [0.15, 0.2) is 0 Å². The van der Waals surface area contributed by atoms with Gasteiger partial charge >= 0.3 is 11.9 Å². The van der Waals surface area contributed by atoms with Gasteiger partial charge in [0.05, 0.1) is 12.3 Å². The van der Waals surface area contributed by atoms with Crippen LogP contribution in [0.3, 0.4) is 0 Å². The molecule has 3 rings (SSSR count). The lowest BCUT2D eigenvalue weighted by Crippen LogP contribution is -2.41. The normalized spacial score (nSPS) is 18.1. The molecule has 1 aliphatic rings. The molecule has 24 heavy (non-hydrogen) atoms. The highest BCUT2D eigenvalue weighted by atomic mass is 19.1. The number of carbonyl (C=O) groups is 2. The minimum Gasteiger partial charge on any atom is -0.464 e. The van der Waals surface area contributed by atoms with Crippen molar-refractivity contribution in [2.45, 2.75) is 31.6 Å². The molecular weight excluding hydrogens is 317 g/mol. The highest BCUT2D eigenvalue weighted by Crippen LogP contribution is 2.29. The van der Waals surface area contributed by atoms with Crippen molar-refractivity contribution < 1.29 is 27.9 Å². The molecule has 2 heterocycles. The van der Waals surface area contributed by atoms with E-state index in [0.717, 1.165) is 12.2 Å². The van der Waals surface area contributed by atoms with E-state index in [1.807, 2.05) is 0 Å². The molecule has 2 N–H and O–H groups in total. The van der Waals surface area contributed by atoms with Crippen LogP contribution in [0.25, 0.3) is 11.0 Å². The molecule has 2 aromatic rings. The number of furan rings is 1. The molecule has 0 radical (unpaired) electrons. The number of hydrogen-bond donors (Lipinski definition) is 1. The SMILES string of the molecule is CC(CC(N)C1OC(=O)C=CC(=O)O1)c1cc2occc2cc1F. The molecule has 6 nitrogen and oxygen atoms in total. The van der Waals surface area contributed by atoms with Crippen LogP contribution in [0.5, 0.6) is 0 Å². The van der Waals surface area contributed by atoms with Crippen LogP contribution in [-0.2, 0) is 19.1 Å². The Morgan fingerprint density at radius 2 is 1.88 bits per heavy atom. The van der Waals surface area contributed by atoms with Gasteiger partial charge in [-0.3, -0.25) is 0 Å². The number of benzene rings is 1. The van der Waals surface area contributed by atoms with Gasteiger partial charge in [-0.05, 0) is 36.1 Å². The van der Waals surface area contributed by atoms with Gasteiger partial charge in [-0.25, -0.2) is 14.0 Å². The largest absolute Gasteiger partial charge is 0.464 e. The molecule has 2 unspecified atom stereocenters. The smallest absolute Gasteiger partial charge is 0.334 e. The van der Waals surface area contributed by atoms with E-state index < -0.39 is 24.3 Å². The third-order valence-electron chi connectivity index (χ3n) is 3.90. The number of esters is 2. The number of hydrogen-bond acceptors (Lipinski definition) is 6. The lowest BCUT2D eigenvalue weighted by atomic mass is 9.93. The van der Waals surface area contributed by atoms with Crippen molar-refractivity contribution in [2.24, 2.45) is 5.73 Å². The van der Waals surface area contributed by atoms with Crippen LogP contribution in [0.4, 0.5) is 4.39 Å². The predicted octanol–water partition coefficient (Wildman–Crippen LogP) is 2.38. The maximum atomic E-state index is 14.3. The molecule has 0 bridgehead atoms. The quantitative estimate of drug-likeness (QED) is 0.864. The van der Waals surface area contributed by atoms with Crippen molar-refractivity contribution in [3.63, 3.8) is 0 Å². The number of nitrogens with two attached hydrogens (primary N) is 1. The van der Waals surface area contributed by atoms with Crippen LogP contribution in [0.2, 0.25) is 0 Å². The average molecular weight is 333 g/mol. The summed E-state index contributed by atoms with van der Waals surface area (Å²) in [6.07, 6.45) is 2.47. The Hall–Kier alpha value is -2.67. The van der Waals surface area contributed by atoms with Crippen molar-refractivity contribution >= 4 is 22.9 Å². The third-order valence-corrected chi connectivity index (χ3v) is 3.90. The fourth-order valence-electron chi connectivity index (χ4n) is 2.66. The molecule has 7 heteroatoms. The van der Waals surface area contributed by atoms with Gasteiger partial charge in [0.25, 0.3) is 6.29 Å². The monoisotopic (exact) mass is 333 g/mol. The average Bonchev–Trinajstić information content (AvgIpc) is 2.90. The van der Waals surface area contributed by atoms with Crippen LogP contribution in [0, 0.1) is 5.82 Å². The van der Waals surface area contributed by atoms with Crippen LogP contribution in [-0.4, -0.2) is 24.3 Å². The van der Waals surface area contributed by atoms with Gasteiger partial charge in [-0.1, -0.05) is 6.92 Å². The summed E-state index contributed by atoms with van der Waals surface area (Å²) < 4.78 is 29.5. The second-order valence-electron chi connectivity index (χ2n) is 5.71. The van der Waals surface area contributed by atoms with Gasteiger partial charge in [0.2, 0.25) is 0 Å². The van der Waals surface area contributed by atoms with Crippen molar-refractivity contribution in [2.75, 3.05) is 0 Å². The van der Waals surface area contributed by atoms with Crippen molar-refractivity contribution in [3.05, 3.63) is 48.0 Å². The maximum Gasteiger partial charge on any atom is 0.334 e. The Morgan fingerprint density at radius 3 is 2.54 bits per heavy atom. The molecule has 0 saturated heterocycles. The standard InChI is InChI=1S/C17H16FNO5/c1-9(11-8-14-10(4-5-22-14)7-12(11)18)6-13(19)17-23-15(20)2-3-16(21)24-17/h2-5,7-9,13,17H,6,19H2,1H3. The zero-order valence-corrected chi connectivity index (χ0v) is 12.9. The predicted molar refractivity (Wildman–Crippen MR) is 82.3 cm³/mol. The molecule has 0 aliphatic carbocycles. The van der Waals surface area contributed by atoms with Crippen LogP contribution in [0.15, 0.2) is 41.0 Å². The van der Waals surface area contributed by atoms with E-state index in [1.165, 1.54) is 12.3 Å². The lowest BCUT2D eigenvalue weighted by Gasteiger charge is -2.24. The van der Waals surface area contributed by atoms with E-state index in [2.05, 4.69) is 0 Å². The van der Waals surface area contributed by atoms with Crippen molar-refractivity contribution in [1.82, 2.24) is 0 Å². The van der Waals surface area contributed by atoms with Crippen LogP contribution >= 0.6 is 0 Å². The second kappa shape index (κ2) is 6.45. The van der Waals surface area contributed by atoms with E-state index in [1.54, 1.807) is 19.1 Å². The Kier molecular flexibility index (Phi) is 4.35. The molecule has 0 spiro atoms. The zero-order chi connectivity index (χ0) is 17.3. The van der Waals surface area contributed by atoms with E-state index in [9.17, 15) is 14.0 Å². The van der Waals surface area contributed by atoms with E-state index in [0.29, 0.717) is 16.5 Å². The number of fused-ring (bicyclic) bond motifs is 1. The molecule has 1 aliphatic heterocycles. The Balaban J connectivity index is 1.75. The highest BCUT2D eigenvalue weighted by Gasteiger charge is 2.29. The van der Waals surface area contributed by atoms with Gasteiger partial charge in [0, 0.05) is 17.5 Å². The van der Waals surface area contributed by atoms with Gasteiger partial charge < -0.3 is 19.6 Å². The summed E-state index contributed by atoms with van der Waals surface area (Å²) in [5.41, 5.74) is 7.00. The molecule has 1 aromatic heterocycles. The number of halogens is 1. The lowest BCUT2D eigenvalue weighted by molar-refractivity contribution is -0.182. The maximum absolute atomic E-state index is 14.3. The molecule has 0 fully saturated rings. The Morgan fingerprint density at radius 1 is 1.21 bits per heavy atom. The minimum atomic E-state index is -1.21. The summed E-state index contributed by atoms with van der Waals surface area (Å²) in [4.78, 5) is 22.8. The molecular formula is C17H16FNO5. The third kappa shape index (κ3) is 3.30. The first kappa shape index (κ1) is 16.2. The molecule has 126 valence electrons. The number of carbonyl (C=O) groups excluding carboxylic acids is 2. The second-order valence-corrected chi connectivity index (χ2v) is 5.71. The summed E-state index contributed by atoms with van der Waals surface area (Å²) >= 11 is 0. The Labute approximate surface area is 137 Å². The summed E-state index contributed by atoms with van der Waals surface area (Å²) in [6.45, 7) is 1.78. The Bertz CT molecular complexity index is 792. The number of rotatable bonds is 4. The highest BCUT2D eigenvalue weighted by molar-refractivity contribution is 5.93.